The molecule has 0 bridgehead atoms. The van der Waals surface area contributed by atoms with Gasteiger partial charge in [0.1, 0.15) is 0 Å². The van der Waals surface area contributed by atoms with E-state index in [1.807, 2.05) is 16.8 Å². The molecule has 7 heteroatoms. The van der Waals surface area contributed by atoms with Crippen LogP contribution >= 0.6 is 12.4 Å². The van der Waals surface area contributed by atoms with E-state index in [1.54, 1.807) is 0 Å². The predicted octanol–water partition coefficient (Wildman–Crippen LogP) is 1.70. The van der Waals surface area contributed by atoms with Crippen molar-refractivity contribution in [3.63, 3.8) is 0 Å². The Kier molecular flexibility index (Phi) is 8.84. The largest absolute Gasteiger partial charge is 0.341 e. The van der Waals surface area contributed by atoms with Crippen LogP contribution in [-0.4, -0.2) is 67.6 Å². The van der Waals surface area contributed by atoms with Gasteiger partial charge >= 0.3 is 6.03 Å². The number of likely N-dealkylation sites (tertiary alicyclic amines) is 1. The Morgan fingerprint density at radius 3 is 2.71 bits per heavy atom. The molecule has 2 aliphatic heterocycles. The van der Waals surface area contributed by atoms with Crippen molar-refractivity contribution in [1.29, 1.82) is 0 Å². The highest BCUT2D eigenvalue weighted by atomic mass is 35.5. The lowest BCUT2D eigenvalue weighted by molar-refractivity contribution is -0.133. The average molecular weight is 361 g/mol. The molecule has 0 aliphatic carbocycles. The van der Waals surface area contributed by atoms with Gasteiger partial charge in [0.05, 0.1) is 0 Å². The summed E-state index contributed by atoms with van der Waals surface area (Å²) in [5.41, 5.74) is 0. The van der Waals surface area contributed by atoms with Gasteiger partial charge in [0.25, 0.3) is 0 Å². The van der Waals surface area contributed by atoms with Crippen LogP contribution in [0.25, 0.3) is 0 Å². The normalized spacial score (nSPS) is 23.8. The van der Waals surface area contributed by atoms with Crippen molar-refractivity contribution in [3.05, 3.63) is 0 Å². The number of nitrogens with zero attached hydrogens (tertiary/aromatic N) is 2. The fourth-order valence-corrected chi connectivity index (χ4v) is 3.38. The van der Waals surface area contributed by atoms with Gasteiger partial charge in [-0.2, -0.15) is 0 Å². The first-order valence-corrected chi connectivity index (χ1v) is 8.96. The summed E-state index contributed by atoms with van der Waals surface area (Å²) in [4.78, 5) is 28.4. The summed E-state index contributed by atoms with van der Waals surface area (Å²) in [7, 11) is 1.91. The minimum Gasteiger partial charge on any atom is -0.341 e. The molecule has 0 spiro atoms. The maximum absolute atomic E-state index is 12.5. The van der Waals surface area contributed by atoms with Crippen LogP contribution in [0.5, 0.6) is 0 Å². The minimum atomic E-state index is 0. The molecule has 0 radical (unpaired) electrons. The number of likely N-dealkylation sites (N-methyl/N-ethyl adjacent to an activating group) is 1. The summed E-state index contributed by atoms with van der Waals surface area (Å²) in [6.07, 6.45) is 3.62. The minimum absolute atomic E-state index is 0. The molecule has 2 heterocycles. The maximum atomic E-state index is 12.5. The van der Waals surface area contributed by atoms with Crippen molar-refractivity contribution in [2.24, 2.45) is 11.8 Å². The zero-order valence-corrected chi connectivity index (χ0v) is 16.0. The van der Waals surface area contributed by atoms with E-state index in [4.69, 9.17) is 0 Å². The van der Waals surface area contributed by atoms with E-state index in [0.717, 1.165) is 38.9 Å². The van der Waals surface area contributed by atoms with E-state index < -0.39 is 0 Å². The average Bonchev–Trinajstić information content (AvgIpc) is 3.06. The molecule has 0 aromatic rings. The van der Waals surface area contributed by atoms with Crippen molar-refractivity contribution in [2.75, 3.05) is 39.8 Å². The van der Waals surface area contributed by atoms with Crippen molar-refractivity contribution < 1.29 is 9.59 Å². The van der Waals surface area contributed by atoms with Crippen molar-refractivity contribution >= 4 is 24.3 Å². The maximum Gasteiger partial charge on any atom is 0.317 e. The van der Waals surface area contributed by atoms with Crippen molar-refractivity contribution in [3.8, 4) is 0 Å². The zero-order valence-electron chi connectivity index (χ0n) is 15.2. The summed E-state index contributed by atoms with van der Waals surface area (Å²) in [5, 5.41) is 6.28. The second-order valence-electron chi connectivity index (χ2n) is 7.39. The van der Waals surface area contributed by atoms with E-state index in [2.05, 4.69) is 24.5 Å². The molecular formula is C17H33ClN4O2. The third-order valence-corrected chi connectivity index (χ3v) is 4.91. The molecule has 0 aromatic carbocycles. The fraction of sp³-hybridized carbons (Fsp3) is 0.882. The Morgan fingerprint density at radius 1 is 1.33 bits per heavy atom. The van der Waals surface area contributed by atoms with Gasteiger partial charge in [-0.1, -0.05) is 13.8 Å². The number of amides is 3. The molecule has 2 aliphatic rings. The van der Waals surface area contributed by atoms with Crippen LogP contribution in [0.15, 0.2) is 0 Å². The topological polar surface area (TPSA) is 64.7 Å². The molecular weight excluding hydrogens is 328 g/mol. The molecule has 6 nitrogen and oxygen atoms in total. The number of halogens is 1. The Labute approximate surface area is 152 Å². The second-order valence-corrected chi connectivity index (χ2v) is 7.39. The third-order valence-electron chi connectivity index (χ3n) is 4.91. The third kappa shape index (κ3) is 6.13. The van der Waals surface area contributed by atoms with Gasteiger partial charge in [-0.05, 0) is 37.6 Å². The van der Waals surface area contributed by atoms with Crippen LogP contribution < -0.4 is 10.6 Å². The number of carbonyl (C=O) groups is 2. The Morgan fingerprint density at radius 2 is 2.08 bits per heavy atom. The standard InChI is InChI=1S/C17H32N4O2.ClH/c1-13(2)10-19-17(23)21-8-4-5-14(12-21)9-16(22)20(3)15-6-7-18-11-15;/h13-15,18H,4-12H2,1-3H3,(H,19,23);1H. The van der Waals surface area contributed by atoms with Gasteiger partial charge in [0, 0.05) is 45.7 Å². The molecule has 24 heavy (non-hydrogen) atoms. The molecule has 0 saturated carbocycles. The molecule has 0 aromatic heterocycles. The lowest BCUT2D eigenvalue weighted by Crippen LogP contribution is -2.47. The first kappa shape index (κ1) is 21.0. The molecule has 2 atom stereocenters. The van der Waals surface area contributed by atoms with Gasteiger partial charge in [0.15, 0.2) is 0 Å². The molecule has 2 fully saturated rings. The SMILES string of the molecule is CC(C)CNC(=O)N1CCCC(CC(=O)N(C)C2CCNC2)C1.Cl. The number of piperidine rings is 1. The number of hydrogen-bond donors (Lipinski definition) is 2. The number of urea groups is 1. The first-order valence-electron chi connectivity index (χ1n) is 8.96. The molecule has 2 saturated heterocycles. The summed E-state index contributed by atoms with van der Waals surface area (Å²) >= 11 is 0. The van der Waals surface area contributed by atoms with Crippen LogP contribution in [0.4, 0.5) is 4.79 Å². The molecule has 3 amide bonds. The molecule has 140 valence electrons. The zero-order chi connectivity index (χ0) is 16.8. The number of hydrogen-bond acceptors (Lipinski definition) is 3. The molecule has 2 unspecified atom stereocenters. The summed E-state index contributed by atoms with van der Waals surface area (Å²) in [6.45, 7) is 8.28. The van der Waals surface area contributed by atoms with Gasteiger partial charge < -0.3 is 20.4 Å². The Bertz CT molecular complexity index is 413. The van der Waals surface area contributed by atoms with E-state index in [0.29, 0.717) is 31.5 Å². The lowest BCUT2D eigenvalue weighted by atomic mass is 9.94. The number of carbonyl (C=O) groups excluding carboxylic acids is 2. The summed E-state index contributed by atoms with van der Waals surface area (Å²) in [5.74, 6) is 0.959. The predicted molar refractivity (Wildman–Crippen MR) is 98.4 cm³/mol. The smallest absolute Gasteiger partial charge is 0.317 e. The van der Waals surface area contributed by atoms with Crippen LogP contribution in [0.3, 0.4) is 0 Å². The quantitative estimate of drug-likeness (QED) is 0.784. The highest BCUT2D eigenvalue weighted by molar-refractivity contribution is 5.85. The second kappa shape index (κ2) is 10.1. The fourth-order valence-electron chi connectivity index (χ4n) is 3.38. The van der Waals surface area contributed by atoms with Gasteiger partial charge in [0.2, 0.25) is 5.91 Å². The van der Waals surface area contributed by atoms with Crippen molar-refractivity contribution in [1.82, 2.24) is 20.4 Å². The monoisotopic (exact) mass is 360 g/mol. The van der Waals surface area contributed by atoms with Gasteiger partial charge in [-0.25, -0.2) is 4.79 Å². The summed E-state index contributed by atoms with van der Waals surface area (Å²) < 4.78 is 0. The first-order chi connectivity index (χ1) is 11.0. The van der Waals surface area contributed by atoms with Crippen LogP contribution in [0, 0.1) is 11.8 Å². The summed E-state index contributed by atoms with van der Waals surface area (Å²) in [6, 6.07) is 0.348. The van der Waals surface area contributed by atoms with Crippen LogP contribution in [0.2, 0.25) is 0 Å². The highest BCUT2D eigenvalue weighted by Gasteiger charge is 2.28. The highest BCUT2D eigenvalue weighted by Crippen LogP contribution is 2.21. The van der Waals surface area contributed by atoms with Crippen LogP contribution in [-0.2, 0) is 4.79 Å². The van der Waals surface area contributed by atoms with Gasteiger partial charge in [-0.3, -0.25) is 4.79 Å². The Hall–Kier alpha value is -1.01. The Balaban J connectivity index is 0.00000288. The van der Waals surface area contributed by atoms with E-state index in [-0.39, 0.29) is 30.3 Å². The van der Waals surface area contributed by atoms with E-state index >= 15 is 0 Å². The van der Waals surface area contributed by atoms with Crippen LogP contribution in [0.1, 0.15) is 39.5 Å². The van der Waals surface area contributed by atoms with E-state index in [1.165, 1.54) is 0 Å². The number of rotatable bonds is 5. The lowest BCUT2D eigenvalue weighted by Gasteiger charge is -2.34. The van der Waals surface area contributed by atoms with Gasteiger partial charge in [-0.15, -0.1) is 12.4 Å². The molecule has 2 N–H and O–H groups in total. The number of nitrogens with one attached hydrogen (secondary N) is 2. The molecule has 2 rings (SSSR count). The van der Waals surface area contributed by atoms with E-state index in [9.17, 15) is 9.59 Å². The van der Waals surface area contributed by atoms with Crippen molar-refractivity contribution in [2.45, 2.75) is 45.6 Å².